The first-order valence-corrected chi connectivity index (χ1v) is 11.8. The minimum Gasteiger partial charge on any atom is -0.488 e. The van der Waals surface area contributed by atoms with Crippen LogP contribution in [-0.4, -0.2) is 79.8 Å². The molecule has 8 heteroatoms. The molecule has 3 aliphatic heterocycles. The van der Waals surface area contributed by atoms with Crippen molar-refractivity contribution >= 4 is 23.4 Å². The lowest BCUT2D eigenvalue weighted by molar-refractivity contribution is -0.151. The fraction of sp³-hybridized carbons (Fsp3) is 0.667. The van der Waals surface area contributed by atoms with E-state index in [1.165, 1.54) is 7.11 Å². The molecule has 0 N–H and O–H groups in total. The number of hydrogen-bond donors (Lipinski definition) is 0. The van der Waals surface area contributed by atoms with Crippen LogP contribution < -0.4 is 4.74 Å². The Morgan fingerprint density at radius 1 is 1.06 bits per heavy atom. The van der Waals surface area contributed by atoms with E-state index in [9.17, 15) is 9.59 Å². The third-order valence-corrected chi connectivity index (χ3v) is 7.51. The molecule has 4 rings (SSSR count). The third kappa shape index (κ3) is 5.05. The number of nitrogens with zero attached hydrogens (tertiary/aromatic N) is 2. The number of amides is 2. The highest BCUT2D eigenvalue weighted by Crippen LogP contribution is 2.40. The van der Waals surface area contributed by atoms with Crippen LogP contribution in [-0.2, 0) is 19.1 Å². The molecule has 1 aromatic rings. The number of halogens is 1. The van der Waals surface area contributed by atoms with Crippen molar-refractivity contribution in [2.75, 3.05) is 46.5 Å². The molecule has 0 unspecified atom stereocenters. The summed E-state index contributed by atoms with van der Waals surface area (Å²) in [6.45, 7) is 5.33. The summed E-state index contributed by atoms with van der Waals surface area (Å²) in [7, 11) is 1.53. The van der Waals surface area contributed by atoms with E-state index in [0.717, 1.165) is 25.0 Å². The van der Waals surface area contributed by atoms with E-state index in [-0.39, 0.29) is 30.1 Å². The van der Waals surface area contributed by atoms with Crippen LogP contribution in [0.5, 0.6) is 5.75 Å². The topological polar surface area (TPSA) is 68.3 Å². The van der Waals surface area contributed by atoms with Gasteiger partial charge in [-0.2, -0.15) is 0 Å². The molecule has 0 aliphatic carbocycles. The van der Waals surface area contributed by atoms with Crippen LogP contribution in [0.2, 0.25) is 5.02 Å². The Balaban J connectivity index is 1.27. The quantitative estimate of drug-likeness (QED) is 0.669. The Kier molecular flexibility index (Phi) is 6.98. The van der Waals surface area contributed by atoms with Crippen LogP contribution in [0.15, 0.2) is 24.3 Å². The Bertz CT molecular complexity index is 814. The molecule has 0 radical (unpaired) electrons. The molecule has 3 fully saturated rings. The second-order valence-corrected chi connectivity index (χ2v) is 10.00. The zero-order valence-corrected chi connectivity index (χ0v) is 19.7. The molecule has 7 nitrogen and oxygen atoms in total. The van der Waals surface area contributed by atoms with E-state index in [4.69, 9.17) is 25.8 Å². The summed E-state index contributed by atoms with van der Waals surface area (Å²) in [6.07, 6.45) is 3.89. The molecular weight excluding hydrogens is 432 g/mol. The van der Waals surface area contributed by atoms with Crippen molar-refractivity contribution in [2.24, 2.45) is 5.41 Å². The van der Waals surface area contributed by atoms with Gasteiger partial charge in [-0.15, -0.1) is 0 Å². The van der Waals surface area contributed by atoms with E-state index >= 15 is 0 Å². The zero-order valence-electron chi connectivity index (χ0n) is 19.0. The van der Waals surface area contributed by atoms with Gasteiger partial charge in [-0.1, -0.05) is 18.5 Å². The lowest BCUT2D eigenvalue weighted by atomic mass is 9.78. The second-order valence-electron chi connectivity index (χ2n) is 9.56. The van der Waals surface area contributed by atoms with Crippen molar-refractivity contribution in [1.29, 1.82) is 0 Å². The van der Waals surface area contributed by atoms with Gasteiger partial charge in [-0.05, 0) is 49.9 Å². The van der Waals surface area contributed by atoms with E-state index in [1.807, 2.05) is 36.1 Å². The van der Waals surface area contributed by atoms with Gasteiger partial charge in [0, 0.05) is 50.1 Å². The highest BCUT2D eigenvalue weighted by atomic mass is 35.5. The first kappa shape index (κ1) is 23.3. The van der Waals surface area contributed by atoms with Crippen LogP contribution in [0.4, 0.5) is 0 Å². The van der Waals surface area contributed by atoms with Crippen LogP contribution in [0, 0.1) is 5.41 Å². The molecule has 0 bridgehead atoms. The molecule has 1 atom stereocenters. The summed E-state index contributed by atoms with van der Waals surface area (Å²) in [6, 6.07) is 7.41. The maximum atomic E-state index is 13.3. The average molecular weight is 465 g/mol. The number of carbonyl (C=O) groups is 2. The molecule has 2 amide bonds. The van der Waals surface area contributed by atoms with Crippen LogP contribution >= 0.6 is 11.6 Å². The Hall–Kier alpha value is -1.83. The average Bonchev–Trinajstić information content (AvgIpc) is 3.18. The molecule has 0 aromatic heterocycles. The molecule has 176 valence electrons. The van der Waals surface area contributed by atoms with Gasteiger partial charge in [0.05, 0.1) is 12.2 Å². The normalized spacial score (nSPS) is 24.5. The molecular formula is C24H33ClN2O5. The van der Waals surface area contributed by atoms with E-state index < -0.39 is 5.41 Å². The summed E-state index contributed by atoms with van der Waals surface area (Å²) in [5.41, 5.74) is -0.615. The number of carbonyl (C=O) groups excluding carboxylic acids is 2. The van der Waals surface area contributed by atoms with Crippen molar-refractivity contribution in [1.82, 2.24) is 9.80 Å². The fourth-order valence-electron chi connectivity index (χ4n) is 5.11. The summed E-state index contributed by atoms with van der Waals surface area (Å²) in [4.78, 5) is 29.2. The summed E-state index contributed by atoms with van der Waals surface area (Å²) < 4.78 is 17.2. The van der Waals surface area contributed by atoms with Gasteiger partial charge in [-0.25, -0.2) is 0 Å². The van der Waals surface area contributed by atoms with Gasteiger partial charge in [0.1, 0.15) is 18.5 Å². The number of methoxy groups -OCH3 is 1. The smallest absolute Gasteiger partial charge is 0.248 e. The lowest BCUT2D eigenvalue weighted by Gasteiger charge is -2.44. The highest BCUT2D eigenvalue weighted by Gasteiger charge is 2.47. The lowest BCUT2D eigenvalue weighted by Crippen LogP contribution is -2.54. The van der Waals surface area contributed by atoms with Gasteiger partial charge in [0.15, 0.2) is 0 Å². The number of ether oxygens (including phenoxy) is 3. The Morgan fingerprint density at radius 3 is 2.31 bits per heavy atom. The van der Waals surface area contributed by atoms with Crippen molar-refractivity contribution in [3.8, 4) is 5.75 Å². The van der Waals surface area contributed by atoms with Gasteiger partial charge in [0.2, 0.25) is 11.8 Å². The van der Waals surface area contributed by atoms with Gasteiger partial charge >= 0.3 is 0 Å². The van der Waals surface area contributed by atoms with Crippen molar-refractivity contribution < 1.29 is 23.8 Å². The van der Waals surface area contributed by atoms with Gasteiger partial charge in [0.25, 0.3) is 0 Å². The van der Waals surface area contributed by atoms with Crippen molar-refractivity contribution in [2.45, 2.75) is 50.7 Å². The summed E-state index contributed by atoms with van der Waals surface area (Å²) in [5, 5.41) is 0.689. The van der Waals surface area contributed by atoms with E-state index in [2.05, 4.69) is 0 Å². The van der Waals surface area contributed by atoms with Crippen LogP contribution in [0.25, 0.3) is 0 Å². The molecule has 1 spiro atoms. The monoisotopic (exact) mass is 464 g/mol. The molecule has 0 saturated carbocycles. The van der Waals surface area contributed by atoms with E-state index in [1.54, 1.807) is 4.90 Å². The minimum atomic E-state index is -0.412. The SMILES string of the molecule is COCC(=O)N1CCC(C)(C(=O)N2CCC3(CC2)C[C@@H](Oc2ccc(Cl)cc2)CO3)CC1. The third-order valence-electron chi connectivity index (χ3n) is 7.26. The standard InChI is InChI=1S/C24H33ClN2O5/c1-23(7-11-26(12-8-23)21(28)17-30-2)22(29)27-13-9-24(10-14-27)15-20(16-31-24)32-19-5-3-18(25)4-6-19/h3-6,20H,7-17H2,1-2H3/t20-/m1/s1. The number of hydrogen-bond acceptors (Lipinski definition) is 5. The van der Waals surface area contributed by atoms with Crippen LogP contribution in [0.1, 0.15) is 39.0 Å². The predicted molar refractivity (Wildman–Crippen MR) is 121 cm³/mol. The van der Waals surface area contributed by atoms with Gasteiger partial charge in [-0.3, -0.25) is 9.59 Å². The molecule has 3 aliphatic rings. The van der Waals surface area contributed by atoms with Crippen molar-refractivity contribution in [3.05, 3.63) is 29.3 Å². The number of benzene rings is 1. The number of piperidine rings is 2. The predicted octanol–water partition coefficient (Wildman–Crippen LogP) is 3.14. The van der Waals surface area contributed by atoms with Crippen molar-refractivity contribution in [3.63, 3.8) is 0 Å². The first-order valence-electron chi connectivity index (χ1n) is 11.4. The second kappa shape index (κ2) is 9.57. The largest absolute Gasteiger partial charge is 0.488 e. The molecule has 3 heterocycles. The Labute approximate surface area is 194 Å². The molecule has 32 heavy (non-hydrogen) atoms. The summed E-state index contributed by atoms with van der Waals surface area (Å²) in [5.74, 6) is 1.00. The molecule has 3 saturated heterocycles. The maximum Gasteiger partial charge on any atom is 0.248 e. The minimum absolute atomic E-state index is 0.00401. The Morgan fingerprint density at radius 2 is 1.69 bits per heavy atom. The maximum absolute atomic E-state index is 13.3. The highest BCUT2D eigenvalue weighted by molar-refractivity contribution is 6.30. The molecule has 1 aromatic carbocycles. The van der Waals surface area contributed by atoms with Crippen LogP contribution in [0.3, 0.4) is 0 Å². The first-order chi connectivity index (χ1) is 15.3. The number of rotatable bonds is 5. The van der Waals surface area contributed by atoms with E-state index in [0.29, 0.717) is 50.7 Å². The zero-order chi connectivity index (χ0) is 22.8. The number of likely N-dealkylation sites (tertiary alicyclic amines) is 2. The van der Waals surface area contributed by atoms with Gasteiger partial charge < -0.3 is 24.0 Å². The summed E-state index contributed by atoms with van der Waals surface area (Å²) >= 11 is 5.95. The fourth-order valence-corrected chi connectivity index (χ4v) is 5.24.